The van der Waals surface area contributed by atoms with Crippen LogP contribution in [0.1, 0.15) is 119 Å². The van der Waals surface area contributed by atoms with Crippen LogP contribution in [0.15, 0.2) is 24.3 Å². The number of hydrogen-bond acceptors (Lipinski definition) is 1. The van der Waals surface area contributed by atoms with Crippen molar-refractivity contribution in [2.45, 2.75) is 151 Å². The van der Waals surface area contributed by atoms with Crippen molar-refractivity contribution < 1.29 is 70.7 Å². The van der Waals surface area contributed by atoms with Crippen molar-refractivity contribution in [3.05, 3.63) is 35.4 Å². The smallest absolute Gasteiger partial charge is 0.287 e. The van der Waals surface area contributed by atoms with Crippen LogP contribution in [-0.4, -0.2) is 47.5 Å². The van der Waals surface area contributed by atoms with Crippen molar-refractivity contribution in [2.24, 2.45) is 23.7 Å². The van der Waals surface area contributed by atoms with Gasteiger partial charge in [-0.1, -0.05) is 95.4 Å². The van der Waals surface area contributed by atoms with Crippen LogP contribution in [0.5, 0.6) is 0 Å². The summed E-state index contributed by atoms with van der Waals surface area (Å²) in [6.07, 6.45) is 9.93. The molecule has 2 fully saturated rings. The molecule has 0 spiro atoms. The molecule has 2 saturated carbocycles. The third kappa shape index (κ3) is 8.64. The van der Waals surface area contributed by atoms with Gasteiger partial charge in [0.05, 0.1) is 0 Å². The summed E-state index contributed by atoms with van der Waals surface area (Å²) < 4.78 is 203. The second-order valence-corrected chi connectivity index (χ2v) is 14.3. The molecule has 0 amide bonds. The quantitative estimate of drug-likeness (QED) is 0.0877. The lowest BCUT2D eigenvalue weighted by Gasteiger charge is -2.41. The summed E-state index contributed by atoms with van der Waals surface area (Å²) in [6, 6.07) is 2.95. The number of alkyl halides is 15. The van der Waals surface area contributed by atoms with Gasteiger partial charge in [-0.3, -0.25) is 4.79 Å². The number of carbonyl (C=O) groups is 1. The number of halogens is 15. The molecule has 2 aliphatic rings. The van der Waals surface area contributed by atoms with E-state index in [-0.39, 0.29) is 0 Å². The predicted molar refractivity (Wildman–Crippen MR) is 159 cm³/mol. The van der Waals surface area contributed by atoms with Crippen LogP contribution in [0.3, 0.4) is 0 Å². The lowest BCUT2D eigenvalue weighted by Crippen LogP contribution is -2.73. The van der Waals surface area contributed by atoms with E-state index in [1.165, 1.54) is 64.2 Å². The molecule has 0 N–H and O–H groups in total. The second kappa shape index (κ2) is 16.1. The summed E-state index contributed by atoms with van der Waals surface area (Å²) in [5, 5.41) is 0. The number of Topliss-reactive ketones (excluding diaryl/α,β-unsaturated/α-hetero) is 1. The van der Waals surface area contributed by atoms with E-state index in [1.807, 2.05) is 0 Å². The van der Waals surface area contributed by atoms with Gasteiger partial charge >= 0.3 is 41.7 Å². The number of hydrogen-bond donors (Lipinski definition) is 0. The fraction of sp³-hybridized carbons (Fsp3) is 0.800. The second-order valence-electron chi connectivity index (χ2n) is 14.3. The molecular formula is C35H43F15O. The summed E-state index contributed by atoms with van der Waals surface area (Å²) in [5.74, 6) is -48.8. The molecule has 1 nitrogen and oxygen atoms in total. The average molecular weight is 765 g/mol. The highest BCUT2D eigenvalue weighted by molar-refractivity contribution is 6.02. The molecule has 16 heteroatoms. The van der Waals surface area contributed by atoms with Gasteiger partial charge in [0.15, 0.2) is 0 Å². The summed E-state index contributed by atoms with van der Waals surface area (Å²) in [4.78, 5) is 12.1. The van der Waals surface area contributed by atoms with Crippen molar-refractivity contribution in [3.8, 4) is 0 Å². The van der Waals surface area contributed by atoms with E-state index in [0.29, 0.717) is 48.3 Å². The van der Waals surface area contributed by atoms with Crippen LogP contribution in [0.4, 0.5) is 65.9 Å². The molecule has 0 atom stereocenters. The first kappa shape index (κ1) is 43.2. The maximum atomic E-state index is 14.4. The van der Waals surface area contributed by atoms with Gasteiger partial charge in [-0.05, 0) is 67.8 Å². The fourth-order valence-electron chi connectivity index (χ4n) is 7.42. The first-order chi connectivity index (χ1) is 23.4. The molecule has 0 heterocycles. The van der Waals surface area contributed by atoms with Crippen molar-refractivity contribution in [1.82, 2.24) is 0 Å². The largest absolute Gasteiger partial charge is 0.460 e. The summed E-state index contributed by atoms with van der Waals surface area (Å²) >= 11 is 0. The molecule has 1 aromatic carbocycles. The maximum absolute atomic E-state index is 14.4. The molecule has 0 saturated heterocycles. The monoisotopic (exact) mass is 764 g/mol. The van der Waals surface area contributed by atoms with E-state index < -0.39 is 53.1 Å². The minimum atomic E-state index is -8.43. The van der Waals surface area contributed by atoms with Gasteiger partial charge in [-0.2, -0.15) is 65.9 Å². The summed E-state index contributed by atoms with van der Waals surface area (Å²) in [7, 11) is 0. The summed E-state index contributed by atoms with van der Waals surface area (Å²) in [5.41, 5.74) is -1.05. The lowest BCUT2D eigenvalue weighted by atomic mass is 9.68. The maximum Gasteiger partial charge on any atom is 0.460 e. The first-order valence-corrected chi connectivity index (χ1v) is 17.3. The van der Waals surface area contributed by atoms with Crippen molar-refractivity contribution in [3.63, 3.8) is 0 Å². The normalized spacial score (nSPS) is 23.4. The standard InChI is InChI=1S/C35H43F15O/c1-2-3-4-5-6-7-22-10-16-25(17-11-22)26-18-12-23(13-19-26)8-9-24-14-20-27(21-15-24)28(51)29(36,37)30(38,39)31(40,41)32(42,43)33(44,45)34(46,47)35(48,49)50/h14-15,20-23,25-26H,2-13,16-19H2,1H3/t22-,23?,25-,26?. The van der Waals surface area contributed by atoms with E-state index in [9.17, 15) is 70.7 Å². The number of aryl methyl sites for hydroxylation is 1. The minimum Gasteiger partial charge on any atom is -0.287 e. The number of carbonyl (C=O) groups excluding carboxylic acids is 1. The number of unbranched alkanes of at least 4 members (excludes halogenated alkanes) is 4. The van der Waals surface area contributed by atoms with E-state index in [2.05, 4.69) is 6.92 Å². The Morgan fingerprint density at radius 1 is 0.529 bits per heavy atom. The molecule has 1 aromatic rings. The molecule has 0 radical (unpaired) electrons. The Morgan fingerprint density at radius 2 is 0.941 bits per heavy atom. The van der Waals surface area contributed by atoms with Crippen LogP contribution in [0, 0.1) is 23.7 Å². The highest BCUT2D eigenvalue weighted by Gasteiger charge is 2.94. The fourth-order valence-corrected chi connectivity index (χ4v) is 7.42. The van der Waals surface area contributed by atoms with Crippen LogP contribution >= 0.6 is 0 Å². The van der Waals surface area contributed by atoms with Crippen LogP contribution in [-0.2, 0) is 6.42 Å². The predicted octanol–water partition coefficient (Wildman–Crippen LogP) is 13.1. The van der Waals surface area contributed by atoms with E-state index in [1.54, 1.807) is 0 Å². The molecule has 0 unspecified atom stereocenters. The van der Waals surface area contributed by atoms with E-state index in [0.717, 1.165) is 43.7 Å². The Kier molecular flexibility index (Phi) is 13.6. The molecule has 3 rings (SSSR count). The van der Waals surface area contributed by atoms with Gasteiger partial charge in [-0.25, -0.2) is 0 Å². The Labute approximate surface area is 287 Å². The number of benzene rings is 1. The molecule has 0 bridgehead atoms. The van der Waals surface area contributed by atoms with Gasteiger partial charge in [0.25, 0.3) is 0 Å². The van der Waals surface area contributed by atoms with Gasteiger partial charge in [-0.15, -0.1) is 0 Å². The van der Waals surface area contributed by atoms with Gasteiger partial charge in [0.1, 0.15) is 0 Å². The zero-order valence-electron chi connectivity index (χ0n) is 28.0. The third-order valence-corrected chi connectivity index (χ3v) is 10.8. The summed E-state index contributed by atoms with van der Waals surface area (Å²) in [6.45, 7) is 2.19. The Hall–Kier alpha value is -2.16. The van der Waals surface area contributed by atoms with Gasteiger partial charge in [0.2, 0.25) is 5.78 Å². The average Bonchev–Trinajstić information content (AvgIpc) is 3.06. The zero-order valence-corrected chi connectivity index (χ0v) is 28.0. The Balaban J connectivity index is 1.55. The molecule has 0 aromatic heterocycles. The Morgan fingerprint density at radius 3 is 1.39 bits per heavy atom. The van der Waals surface area contributed by atoms with Gasteiger partial charge < -0.3 is 0 Å². The topological polar surface area (TPSA) is 17.1 Å². The van der Waals surface area contributed by atoms with Crippen LogP contribution < -0.4 is 0 Å². The Bertz CT molecular complexity index is 1260. The van der Waals surface area contributed by atoms with Crippen molar-refractivity contribution in [1.29, 1.82) is 0 Å². The zero-order chi connectivity index (χ0) is 38.7. The minimum absolute atomic E-state index is 0.316. The molecule has 0 aliphatic heterocycles. The SMILES string of the molecule is CCCCCCC[C@H]1CC[C@H](C2CCC(CCc3ccc(C(=O)C(F)(F)C(F)(F)C(F)(F)C(F)(F)C(F)(F)C(F)(F)C(F)(F)F)cc3)CC2)CC1. The highest BCUT2D eigenvalue weighted by Crippen LogP contribution is 2.62. The highest BCUT2D eigenvalue weighted by atomic mass is 19.4. The molecule has 51 heavy (non-hydrogen) atoms. The third-order valence-electron chi connectivity index (χ3n) is 10.8. The van der Waals surface area contributed by atoms with E-state index in [4.69, 9.17) is 0 Å². The number of rotatable bonds is 17. The van der Waals surface area contributed by atoms with Crippen molar-refractivity contribution in [2.75, 3.05) is 0 Å². The molecule has 294 valence electrons. The number of ketones is 1. The molecule has 2 aliphatic carbocycles. The van der Waals surface area contributed by atoms with Crippen LogP contribution in [0.2, 0.25) is 0 Å². The lowest BCUT2D eigenvalue weighted by molar-refractivity contribution is -0.449. The van der Waals surface area contributed by atoms with Crippen molar-refractivity contribution >= 4 is 5.78 Å². The van der Waals surface area contributed by atoms with E-state index >= 15 is 0 Å². The van der Waals surface area contributed by atoms with Crippen LogP contribution in [0.25, 0.3) is 0 Å². The molecular weight excluding hydrogens is 721 g/mol. The first-order valence-electron chi connectivity index (χ1n) is 17.3. The van der Waals surface area contributed by atoms with Gasteiger partial charge in [0, 0.05) is 5.56 Å².